The summed E-state index contributed by atoms with van der Waals surface area (Å²) in [5.41, 5.74) is 1.19. The van der Waals surface area contributed by atoms with E-state index in [0.29, 0.717) is 28.5 Å². The number of amides is 1. The van der Waals surface area contributed by atoms with Gasteiger partial charge in [0.25, 0.3) is 15.9 Å². The maximum Gasteiger partial charge on any atom is 0.264 e. The number of hydrogen-bond donors (Lipinski definition) is 1. The number of rotatable bonds is 7. The molecule has 8 heteroatoms. The molecule has 1 N–H and O–H groups in total. The maximum absolute atomic E-state index is 13.3. The molecule has 0 aliphatic heterocycles. The number of para-hydroxylation sites is 1. The van der Waals surface area contributed by atoms with Crippen molar-refractivity contribution in [2.24, 2.45) is 0 Å². The van der Waals surface area contributed by atoms with Crippen molar-refractivity contribution in [1.29, 1.82) is 0 Å². The van der Waals surface area contributed by atoms with Gasteiger partial charge in [0, 0.05) is 6.54 Å². The minimum Gasteiger partial charge on any atom is -0.495 e. The van der Waals surface area contributed by atoms with E-state index in [1.165, 1.54) is 29.6 Å². The van der Waals surface area contributed by atoms with Gasteiger partial charge in [-0.2, -0.15) is 0 Å². The lowest BCUT2D eigenvalue weighted by molar-refractivity contribution is 0.102. The number of sulfonamides is 1. The topological polar surface area (TPSA) is 88.9 Å². The fourth-order valence-corrected chi connectivity index (χ4v) is 4.70. The van der Waals surface area contributed by atoms with Crippen molar-refractivity contribution in [3.8, 4) is 5.75 Å². The Bertz CT molecular complexity index is 1150. The molecule has 1 amide bonds. The van der Waals surface area contributed by atoms with Gasteiger partial charge in [0.05, 0.1) is 28.9 Å². The molecule has 30 heavy (non-hydrogen) atoms. The number of carbonyl (C=O) groups is 1. The summed E-state index contributed by atoms with van der Waals surface area (Å²) in [7, 11) is -2.40. The van der Waals surface area contributed by atoms with Crippen LogP contribution >= 0.6 is 0 Å². The van der Waals surface area contributed by atoms with Crippen molar-refractivity contribution in [2.75, 3.05) is 23.3 Å². The third kappa shape index (κ3) is 4.18. The number of anilines is 2. The third-order valence-electron chi connectivity index (χ3n) is 4.62. The molecule has 0 fully saturated rings. The van der Waals surface area contributed by atoms with Gasteiger partial charge in [-0.15, -0.1) is 0 Å². The van der Waals surface area contributed by atoms with Crippen molar-refractivity contribution in [3.05, 3.63) is 71.7 Å². The first-order valence-electron chi connectivity index (χ1n) is 9.42. The number of carbonyl (C=O) groups excluding carboxylic acids is 1. The molecule has 1 aromatic heterocycles. The molecule has 3 rings (SSSR count). The molecule has 2 aromatic carbocycles. The summed E-state index contributed by atoms with van der Waals surface area (Å²) in [4.78, 5) is 12.7. The second-order valence-corrected chi connectivity index (χ2v) is 8.51. The van der Waals surface area contributed by atoms with Crippen LogP contribution in [0.1, 0.15) is 28.8 Å². The first-order chi connectivity index (χ1) is 14.3. The highest BCUT2D eigenvalue weighted by atomic mass is 32.2. The Hall–Kier alpha value is -3.26. The van der Waals surface area contributed by atoms with Gasteiger partial charge in [-0.25, -0.2) is 8.42 Å². The summed E-state index contributed by atoms with van der Waals surface area (Å²) < 4.78 is 38.6. The number of benzene rings is 2. The number of nitrogens with zero attached hydrogens (tertiary/aromatic N) is 1. The fraction of sp³-hybridized carbons (Fsp3) is 0.227. The summed E-state index contributed by atoms with van der Waals surface area (Å²) in [6, 6.07) is 14.9. The molecule has 0 saturated carbocycles. The predicted molar refractivity (Wildman–Crippen MR) is 116 cm³/mol. The van der Waals surface area contributed by atoms with E-state index >= 15 is 0 Å². The molecule has 0 atom stereocenters. The Kier molecular flexibility index (Phi) is 6.17. The van der Waals surface area contributed by atoms with Gasteiger partial charge in [0.15, 0.2) is 0 Å². The zero-order chi connectivity index (χ0) is 21.9. The highest BCUT2D eigenvalue weighted by molar-refractivity contribution is 7.92. The smallest absolute Gasteiger partial charge is 0.264 e. The lowest BCUT2D eigenvalue weighted by Crippen LogP contribution is -2.30. The van der Waals surface area contributed by atoms with Gasteiger partial charge in [0.1, 0.15) is 17.3 Å². The quantitative estimate of drug-likeness (QED) is 0.604. The first-order valence-corrected chi connectivity index (χ1v) is 10.9. The van der Waals surface area contributed by atoms with Crippen LogP contribution in [0.2, 0.25) is 0 Å². The predicted octanol–water partition coefficient (Wildman–Crippen LogP) is 4.37. The van der Waals surface area contributed by atoms with Crippen LogP contribution in [-0.4, -0.2) is 28.0 Å². The molecule has 0 unspecified atom stereocenters. The molecule has 0 aliphatic rings. The van der Waals surface area contributed by atoms with Crippen LogP contribution < -0.4 is 14.4 Å². The number of furan rings is 1. The Morgan fingerprint density at radius 2 is 1.80 bits per heavy atom. The lowest BCUT2D eigenvalue weighted by Gasteiger charge is -2.23. The average Bonchev–Trinajstić information content (AvgIpc) is 3.07. The maximum atomic E-state index is 13.3. The Labute approximate surface area is 176 Å². The number of hydrogen-bond acceptors (Lipinski definition) is 5. The zero-order valence-corrected chi connectivity index (χ0v) is 18.1. The van der Waals surface area contributed by atoms with E-state index in [9.17, 15) is 13.2 Å². The molecular weight excluding hydrogens is 404 g/mol. The number of methoxy groups -OCH3 is 1. The van der Waals surface area contributed by atoms with Crippen LogP contribution in [0.15, 0.2) is 63.9 Å². The summed E-state index contributed by atoms with van der Waals surface area (Å²) in [5, 5.41) is 2.73. The average molecular weight is 429 g/mol. The second kappa shape index (κ2) is 8.62. The molecule has 3 aromatic rings. The van der Waals surface area contributed by atoms with Crippen molar-refractivity contribution < 1.29 is 22.4 Å². The van der Waals surface area contributed by atoms with Crippen molar-refractivity contribution in [3.63, 3.8) is 0 Å². The molecule has 0 bridgehead atoms. The van der Waals surface area contributed by atoms with Gasteiger partial charge in [-0.05, 0) is 57.2 Å². The number of nitrogens with one attached hydrogen (secondary N) is 1. The standard InChI is InChI=1S/C22H24N2O5S/c1-5-24(17-9-7-6-8-10-17)30(26,27)18-11-12-21(28-4)20(14-18)23-22(25)19-13-15(2)29-16(19)3/h6-14H,5H2,1-4H3,(H,23,25). The van der Waals surface area contributed by atoms with Crippen LogP contribution in [0, 0.1) is 13.8 Å². The van der Waals surface area contributed by atoms with Crippen LogP contribution in [0.5, 0.6) is 5.75 Å². The van der Waals surface area contributed by atoms with E-state index in [1.807, 2.05) is 6.07 Å². The second-order valence-electron chi connectivity index (χ2n) is 6.65. The van der Waals surface area contributed by atoms with Crippen LogP contribution in [0.4, 0.5) is 11.4 Å². The van der Waals surface area contributed by atoms with Gasteiger partial charge < -0.3 is 14.5 Å². The number of aryl methyl sites for hydroxylation is 2. The summed E-state index contributed by atoms with van der Waals surface area (Å²) in [5.74, 6) is 1.03. The molecule has 0 saturated heterocycles. The minimum absolute atomic E-state index is 0.0457. The molecule has 7 nitrogen and oxygen atoms in total. The molecular formula is C22H24N2O5S. The number of ether oxygens (including phenoxy) is 1. The monoisotopic (exact) mass is 428 g/mol. The molecule has 0 radical (unpaired) electrons. The van der Waals surface area contributed by atoms with E-state index in [0.717, 1.165) is 0 Å². The van der Waals surface area contributed by atoms with E-state index in [4.69, 9.17) is 9.15 Å². The van der Waals surface area contributed by atoms with E-state index in [-0.39, 0.29) is 17.1 Å². The van der Waals surface area contributed by atoms with Gasteiger partial charge >= 0.3 is 0 Å². The van der Waals surface area contributed by atoms with Crippen molar-refractivity contribution in [1.82, 2.24) is 0 Å². The lowest BCUT2D eigenvalue weighted by atomic mass is 10.2. The fourth-order valence-electron chi connectivity index (χ4n) is 3.20. The highest BCUT2D eigenvalue weighted by Crippen LogP contribution is 2.31. The molecule has 1 heterocycles. The van der Waals surface area contributed by atoms with Crippen LogP contribution in [0.25, 0.3) is 0 Å². The Balaban J connectivity index is 1.99. The van der Waals surface area contributed by atoms with Crippen molar-refractivity contribution >= 4 is 27.3 Å². The van der Waals surface area contributed by atoms with Gasteiger partial charge in [0.2, 0.25) is 0 Å². The molecule has 158 valence electrons. The minimum atomic E-state index is -3.85. The summed E-state index contributed by atoms with van der Waals surface area (Å²) >= 11 is 0. The summed E-state index contributed by atoms with van der Waals surface area (Å²) in [6.45, 7) is 5.47. The van der Waals surface area contributed by atoms with Crippen molar-refractivity contribution in [2.45, 2.75) is 25.7 Å². The van der Waals surface area contributed by atoms with Crippen LogP contribution in [0.3, 0.4) is 0 Å². The zero-order valence-electron chi connectivity index (χ0n) is 17.3. The Morgan fingerprint density at radius 1 is 1.10 bits per heavy atom. The van der Waals surface area contributed by atoms with Gasteiger partial charge in [-0.3, -0.25) is 9.10 Å². The Morgan fingerprint density at radius 3 is 2.37 bits per heavy atom. The van der Waals surface area contributed by atoms with Gasteiger partial charge in [-0.1, -0.05) is 18.2 Å². The SMILES string of the molecule is CCN(c1ccccc1)S(=O)(=O)c1ccc(OC)c(NC(=O)c2cc(C)oc2C)c1. The molecule has 0 aliphatic carbocycles. The summed E-state index contributed by atoms with van der Waals surface area (Å²) in [6.07, 6.45) is 0. The normalized spacial score (nSPS) is 11.2. The third-order valence-corrected chi connectivity index (χ3v) is 6.52. The first kappa shape index (κ1) is 21.4. The van der Waals surface area contributed by atoms with Crippen LogP contribution in [-0.2, 0) is 10.0 Å². The molecule has 0 spiro atoms. The largest absolute Gasteiger partial charge is 0.495 e. The van der Waals surface area contributed by atoms with E-state index in [1.54, 1.807) is 51.1 Å². The van der Waals surface area contributed by atoms with E-state index in [2.05, 4.69) is 5.32 Å². The highest BCUT2D eigenvalue weighted by Gasteiger charge is 2.25. The van der Waals surface area contributed by atoms with E-state index < -0.39 is 15.9 Å².